The van der Waals surface area contributed by atoms with Gasteiger partial charge in [0.05, 0.1) is 25.0 Å². The maximum absolute atomic E-state index is 13.8. The number of aromatic nitrogens is 3. The fraction of sp³-hybridized carbons (Fsp3) is 0.414. The molecule has 0 aliphatic heterocycles. The van der Waals surface area contributed by atoms with Gasteiger partial charge in [0, 0.05) is 17.5 Å². The van der Waals surface area contributed by atoms with E-state index in [9.17, 15) is 9.59 Å². The number of carbonyl (C=O) groups is 2. The Hall–Kier alpha value is -3.85. The number of H-pyrrole nitrogens is 1. The van der Waals surface area contributed by atoms with Gasteiger partial charge >= 0.3 is 0 Å². The molecule has 0 atom stereocenters. The summed E-state index contributed by atoms with van der Waals surface area (Å²) in [6.07, 6.45) is 6.64. The lowest BCUT2D eigenvalue weighted by Crippen LogP contribution is -2.53. The molecular formula is C29H33N5O4. The van der Waals surface area contributed by atoms with Crippen molar-refractivity contribution in [3.05, 3.63) is 60.2 Å². The number of para-hydroxylation sites is 1. The largest absolute Gasteiger partial charge is 0.496 e. The molecule has 0 spiro atoms. The summed E-state index contributed by atoms with van der Waals surface area (Å²) in [5.41, 5.74) is 0.931. The first-order chi connectivity index (χ1) is 18.6. The number of nitrogens with one attached hydrogen (secondary N) is 2. The monoisotopic (exact) mass is 515 g/mol. The minimum absolute atomic E-state index is 0.0447. The van der Waals surface area contributed by atoms with E-state index in [4.69, 9.17) is 9.47 Å². The van der Waals surface area contributed by atoms with Gasteiger partial charge in [-0.25, -0.2) is 4.99 Å². The van der Waals surface area contributed by atoms with E-state index in [0.29, 0.717) is 24.4 Å². The normalized spacial score (nSPS) is 18.0. The number of ether oxygens (including phenoxy) is 2. The van der Waals surface area contributed by atoms with Crippen molar-refractivity contribution in [2.24, 2.45) is 4.99 Å². The van der Waals surface area contributed by atoms with Gasteiger partial charge in [0.2, 0.25) is 0 Å². The first-order valence-corrected chi connectivity index (χ1v) is 13.2. The van der Waals surface area contributed by atoms with Crippen LogP contribution in [-0.2, 0) is 19.9 Å². The van der Waals surface area contributed by atoms with Crippen molar-refractivity contribution in [2.75, 3.05) is 13.7 Å². The van der Waals surface area contributed by atoms with E-state index >= 15 is 0 Å². The Morgan fingerprint density at radius 3 is 2.50 bits per heavy atom. The highest BCUT2D eigenvalue weighted by Gasteiger charge is 2.51. The van der Waals surface area contributed by atoms with Gasteiger partial charge in [-0.2, -0.15) is 4.98 Å². The van der Waals surface area contributed by atoms with Gasteiger partial charge in [-0.05, 0) is 31.7 Å². The van der Waals surface area contributed by atoms with Gasteiger partial charge in [0.25, 0.3) is 11.9 Å². The van der Waals surface area contributed by atoms with Crippen LogP contribution in [0.15, 0.2) is 59.6 Å². The Kier molecular flexibility index (Phi) is 7.64. The molecule has 2 fully saturated rings. The fourth-order valence-electron chi connectivity index (χ4n) is 5.14. The molecule has 2 saturated carbocycles. The number of carbonyl (C=O) groups excluding carboxylic acids is 2. The van der Waals surface area contributed by atoms with Crippen molar-refractivity contribution in [1.82, 2.24) is 20.5 Å². The average Bonchev–Trinajstić information content (AvgIpc) is 3.59. The molecule has 5 rings (SSSR count). The van der Waals surface area contributed by atoms with Gasteiger partial charge in [0.1, 0.15) is 17.6 Å². The molecule has 9 heteroatoms. The second kappa shape index (κ2) is 11.3. The Morgan fingerprint density at radius 1 is 1.05 bits per heavy atom. The summed E-state index contributed by atoms with van der Waals surface area (Å²) in [4.78, 5) is 34.2. The SMILES string of the molecule is COc1ccccc1C1(NC(=O)C2(OCC(CC=O)=Nc3n[nH]c(-c4ccccc4)n3)CCCCC2)CC1. The Labute approximate surface area is 222 Å². The number of nitrogens with zero attached hydrogens (tertiary/aromatic N) is 3. The lowest BCUT2D eigenvalue weighted by molar-refractivity contribution is -0.150. The molecule has 0 saturated heterocycles. The number of aromatic amines is 1. The van der Waals surface area contributed by atoms with Crippen LogP contribution in [0.25, 0.3) is 11.4 Å². The Bertz CT molecular complexity index is 1290. The molecule has 3 aromatic rings. The van der Waals surface area contributed by atoms with Crippen molar-refractivity contribution in [2.45, 2.75) is 62.5 Å². The van der Waals surface area contributed by atoms with Crippen molar-refractivity contribution in [3.8, 4) is 17.1 Å². The predicted molar refractivity (Wildman–Crippen MR) is 143 cm³/mol. The topological polar surface area (TPSA) is 119 Å². The summed E-state index contributed by atoms with van der Waals surface area (Å²) >= 11 is 0. The summed E-state index contributed by atoms with van der Waals surface area (Å²) in [7, 11) is 1.65. The van der Waals surface area contributed by atoms with Crippen LogP contribution in [0.1, 0.15) is 56.9 Å². The van der Waals surface area contributed by atoms with Crippen molar-refractivity contribution in [1.29, 1.82) is 0 Å². The zero-order valence-corrected chi connectivity index (χ0v) is 21.6. The minimum Gasteiger partial charge on any atom is -0.496 e. The molecule has 1 amide bonds. The lowest BCUT2D eigenvalue weighted by Gasteiger charge is -2.37. The highest BCUT2D eigenvalue weighted by atomic mass is 16.5. The fourth-order valence-corrected chi connectivity index (χ4v) is 5.14. The second-order valence-electron chi connectivity index (χ2n) is 9.98. The summed E-state index contributed by atoms with van der Waals surface area (Å²) in [5.74, 6) is 1.46. The van der Waals surface area contributed by atoms with Crippen LogP contribution in [0.4, 0.5) is 5.95 Å². The molecule has 0 radical (unpaired) electrons. The zero-order valence-electron chi connectivity index (χ0n) is 21.6. The van der Waals surface area contributed by atoms with E-state index in [1.165, 1.54) is 0 Å². The highest BCUT2D eigenvalue weighted by Crippen LogP contribution is 2.49. The molecular weight excluding hydrogens is 482 g/mol. The number of hydrogen-bond acceptors (Lipinski definition) is 7. The molecule has 1 aromatic heterocycles. The molecule has 0 bridgehead atoms. The molecule has 2 aliphatic rings. The standard InChI is InChI=1S/C29H33N5O4/c1-37-24-13-7-6-12-23(24)28(17-18-28)32-26(36)29(15-8-3-9-16-29)38-20-22(14-19-35)30-27-31-25(33-34-27)21-10-4-2-5-11-21/h2,4-7,10-13,19H,3,8-9,14-18,20H2,1H3,(H,32,36)(H,31,33,34). The molecule has 1 heterocycles. The molecule has 9 nitrogen and oxygen atoms in total. The van der Waals surface area contributed by atoms with Gasteiger partial charge in [-0.15, -0.1) is 5.10 Å². The van der Waals surface area contributed by atoms with Crippen molar-refractivity contribution >= 4 is 23.9 Å². The number of methoxy groups -OCH3 is 1. The maximum atomic E-state index is 13.8. The van der Waals surface area contributed by atoms with Crippen LogP contribution in [0.2, 0.25) is 0 Å². The van der Waals surface area contributed by atoms with Crippen LogP contribution < -0.4 is 10.1 Å². The van der Waals surface area contributed by atoms with Crippen molar-refractivity contribution < 1.29 is 19.1 Å². The molecule has 0 unspecified atom stereocenters. The van der Waals surface area contributed by atoms with Gasteiger partial charge in [0.15, 0.2) is 5.82 Å². The first-order valence-electron chi connectivity index (χ1n) is 13.2. The quantitative estimate of drug-likeness (QED) is 0.283. The molecule has 2 aromatic carbocycles. The van der Waals surface area contributed by atoms with E-state index in [1.54, 1.807) is 7.11 Å². The van der Waals surface area contributed by atoms with E-state index in [1.807, 2.05) is 54.6 Å². The predicted octanol–water partition coefficient (Wildman–Crippen LogP) is 4.67. The number of amides is 1. The van der Waals surface area contributed by atoms with Crippen LogP contribution >= 0.6 is 0 Å². The van der Waals surface area contributed by atoms with Crippen molar-refractivity contribution in [3.63, 3.8) is 0 Å². The first kappa shape index (κ1) is 25.8. The van der Waals surface area contributed by atoms with Crippen LogP contribution in [-0.4, -0.2) is 52.4 Å². The third kappa shape index (κ3) is 5.52. The van der Waals surface area contributed by atoms with E-state index in [0.717, 1.165) is 55.3 Å². The Balaban J connectivity index is 1.33. The summed E-state index contributed by atoms with van der Waals surface area (Å²) in [6.45, 7) is 0.0447. The third-order valence-electron chi connectivity index (χ3n) is 7.41. The molecule has 198 valence electrons. The molecule has 38 heavy (non-hydrogen) atoms. The van der Waals surface area contributed by atoms with E-state index < -0.39 is 11.1 Å². The van der Waals surface area contributed by atoms with Gasteiger partial charge in [-0.1, -0.05) is 67.8 Å². The Morgan fingerprint density at radius 2 is 1.79 bits per heavy atom. The number of benzene rings is 2. The maximum Gasteiger partial charge on any atom is 0.268 e. The average molecular weight is 516 g/mol. The summed E-state index contributed by atoms with van der Waals surface area (Å²) in [6, 6.07) is 17.4. The number of hydrogen-bond donors (Lipinski definition) is 2. The van der Waals surface area contributed by atoms with Crippen LogP contribution in [0.3, 0.4) is 0 Å². The van der Waals surface area contributed by atoms with Gasteiger partial charge in [-0.3, -0.25) is 9.89 Å². The number of aldehydes is 1. The molecule has 2 N–H and O–H groups in total. The van der Waals surface area contributed by atoms with E-state index in [-0.39, 0.29) is 24.9 Å². The third-order valence-corrected chi connectivity index (χ3v) is 7.41. The highest BCUT2D eigenvalue weighted by molar-refractivity contribution is 5.96. The smallest absolute Gasteiger partial charge is 0.268 e. The summed E-state index contributed by atoms with van der Waals surface area (Å²) < 4.78 is 11.9. The number of rotatable bonds is 11. The van der Waals surface area contributed by atoms with Crippen LogP contribution in [0.5, 0.6) is 5.75 Å². The molecule has 2 aliphatic carbocycles. The zero-order chi connectivity index (χ0) is 26.4. The lowest BCUT2D eigenvalue weighted by atomic mass is 9.83. The second-order valence-corrected chi connectivity index (χ2v) is 9.98. The van der Waals surface area contributed by atoms with Crippen LogP contribution in [0, 0.1) is 0 Å². The number of aliphatic imine (C=N–C) groups is 1. The van der Waals surface area contributed by atoms with E-state index in [2.05, 4.69) is 25.5 Å². The minimum atomic E-state index is -0.978. The summed E-state index contributed by atoms with van der Waals surface area (Å²) in [5, 5.41) is 10.4. The van der Waals surface area contributed by atoms with Gasteiger partial charge < -0.3 is 19.6 Å².